The van der Waals surface area contributed by atoms with E-state index in [0.29, 0.717) is 18.3 Å². The van der Waals surface area contributed by atoms with Crippen LogP contribution < -0.4 is 0 Å². The summed E-state index contributed by atoms with van der Waals surface area (Å²) in [6.07, 6.45) is 1.45. The second-order valence-corrected chi connectivity index (χ2v) is 6.56. The van der Waals surface area contributed by atoms with Crippen molar-refractivity contribution in [3.8, 4) is 33.8 Å². The number of aryl methyl sites for hydroxylation is 1. The largest absolute Gasteiger partial charge is 0.421 e. The van der Waals surface area contributed by atoms with E-state index in [1.807, 2.05) is 42.6 Å². The van der Waals surface area contributed by atoms with Crippen LogP contribution in [0.2, 0.25) is 0 Å². The molecule has 4 aromatic rings. The van der Waals surface area contributed by atoms with Gasteiger partial charge in [0.25, 0.3) is 0 Å². The number of nitrogens with zero attached hydrogens (tertiary/aromatic N) is 4. The molecule has 0 radical (unpaired) electrons. The van der Waals surface area contributed by atoms with Crippen LogP contribution >= 0.6 is 0 Å². The minimum atomic E-state index is -0.430. The third-order valence-electron chi connectivity index (χ3n) is 4.22. The van der Waals surface area contributed by atoms with Crippen molar-refractivity contribution in [2.75, 3.05) is 0 Å². The average Bonchev–Trinajstić information content (AvgIpc) is 3.31. The molecule has 6 heteroatoms. The first-order chi connectivity index (χ1) is 13.1. The van der Waals surface area contributed by atoms with Crippen molar-refractivity contribution in [3.63, 3.8) is 0 Å². The minimum Gasteiger partial charge on any atom is -0.421 e. The van der Waals surface area contributed by atoms with Gasteiger partial charge in [0, 0.05) is 24.2 Å². The molecule has 0 fully saturated rings. The van der Waals surface area contributed by atoms with Crippen LogP contribution in [0.15, 0.2) is 65.2 Å². The van der Waals surface area contributed by atoms with Gasteiger partial charge < -0.3 is 9.52 Å². The molecule has 136 valence electrons. The van der Waals surface area contributed by atoms with E-state index in [4.69, 9.17) is 4.42 Å². The maximum Gasteiger partial charge on any atom is 0.247 e. The van der Waals surface area contributed by atoms with E-state index in [2.05, 4.69) is 33.5 Å². The first-order valence-corrected chi connectivity index (χ1v) is 8.81. The standard InChI is InChI=1S/C21H20N4O2/c1-14(26)13-25-10-9-20(24-25)18-7-3-5-16(11-18)17-6-4-8-19(12-17)21-23-22-15(2)27-21/h3-12,14,26H,13H2,1-2H3. The SMILES string of the molecule is Cc1nnc(-c2cccc(-c3cccc(-c4ccn(CC(C)O)n4)c3)c2)o1. The van der Waals surface area contributed by atoms with E-state index in [9.17, 15) is 5.11 Å². The van der Waals surface area contributed by atoms with Crippen molar-refractivity contribution in [1.29, 1.82) is 0 Å². The molecule has 6 nitrogen and oxygen atoms in total. The highest BCUT2D eigenvalue weighted by Crippen LogP contribution is 2.28. The lowest BCUT2D eigenvalue weighted by atomic mass is 10.00. The van der Waals surface area contributed by atoms with Gasteiger partial charge in [0.15, 0.2) is 0 Å². The van der Waals surface area contributed by atoms with Crippen molar-refractivity contribution >= 4 is 0 Å². The quantitative estimate of drug-likeness (QED) is 0.583. The van der Waals surface area contributed by atoms with Gasteiger partial charge in [-0.1, -0.05) is 30.3 Å². The fraction of sp³-hybridized carbons (Fsp3) is 0.190. The molecule has 0 aliphatic rings. The lowest BCUT2D eigenvalue weighted by Crippen LogP contribution is -2.11. The van der Waals surface area contributed by atoms with Crippen molar-refractivity contribution in [3.05, 3.63) is 66.7 Å². The van der Waals surface area contributed by atoms with E-state index >= 15 is 0 Å². The minimum absolute atomic E-state index is 0.430. The molecular weight excluding hydrogens is 340 g/mol. The highest BCUT2D eigenvalue weighted by molar-refractivity contribution is 5.74. The molecule has 1 atom stereocenters. The fourth-order valence-electron chi connectivity index (χ4n) is 2.99. The Morgan fingerprint density at radius 3 is 2.30 bits per heavy atom. The molecule has 0 saturated heterocycles. The van der Waals surface area contributed by atoms with Crippen LogP contribution in [0.5, 0.6) is 0 Å². The van der Waals surface area contributed by atoms with Crippen LogP contribution in [0.3, 0.4) is 0 Å². The summed E-state index contributed by atoms with van der Waals surface area (Å²) < 4.78 is 7.29. The zero-order valence-corrected chi connectivity index (χ0v) is 15.2. The molecule has 0 spiro atoms. The van der Waals surface area contributed by atoms with Gasteiger partial charge in [0.2, 0.25) is 11.8 Å². The van der Waals surface area contributed by atoms with Gasteiger partial charge in [-0.3, -0.25) is 4.68 Å². The summed E-state index contributed by atoms with van der Waals surface area (Å²) in [7, 11) is 0. The Bertz CT molecular complexity index is 1070. The van der Waals surface area contributed by atoms with Gasteiger partial charge in [0.05, 0.1) is 18.3 Å². The third-order valence-corrected chi connectivity index (χ3v) is 4.22. The van der Waals surface area contributed by atoms with E-state index in [0.717, 1.165) is 27.9 Å². The number of hydrogen-bond donors (Lipinski definition) is 1. The number of rotatable bonds is 5. The topological polar surface area (TPSA) is 77.0 Å². The second kappa shape index (κ2) is 7.17. The van der Waals surface area contributed by atoms with Gasteiger partial charge >= 0.3 is 0 Å². The molecule has 0 saturated carbocycles. The normalized spacial score (nSPS) is 12.3. The van der Waals surface area contributed by atoms with Crippen molar-refractivity contribution < 1.29 is 9.52 Å². The lowest BCUT2D eigenvalue weighted by molar-refractivity contribution is 0.168. The van der Waals surface area contributed by atoms with Crippen LogP contribution in [-0.4, -0.2) is 31.2 Å². The molecule has 0 aliphatic carbocycles. The predicted octanol–water partition coefficient (Wildman–Crippen LogP) is 3.96. The molecule has 0 bridgehead atoms. The molecule has 2 aromatic heterocycles. The smallest absolute Gasteiger partial charge is 0.247 e. The number of aliphatic hydroxyl groups excluding tert-OH is 1. The Labute approximate surface area is 157 Å². The molecule has 27 heavy (non-hydrogen) atoms. The van der Waals surface area contributed by atoms with Crippen LogP contribution in [0, 0.1) is 6.92 Å². The zero-order chi connectivity index (χ0) is 18.8. The molecule has 2 aromatic carbocycles. The molecule has 1 unspecified atom stereocenters. The predicted molar refractivity (Wildman–Crippen MR) is 103 cm³/mol. The van der Waals surface area contributed by atoms with Crippen molar-refractivity contribution in [2.24, 2.45) is 0 Å². The Balaban J connectivity index is 1.66. The van der Waals surface area contributed by atoms with Gasteiger partial charge in [0.1, 0.15) is 0 Å². The number of aromatic nitrogens is 4. The van der Waals surface area contributed by atoms with E-state index < -0.39 is 6.10 Å². The summed E-state index contributed by atoms with van der Waals surface area (Å²) in [5, 5.41) is 22.1. The monoisotopic (exact) mass is 360 g/mol. The third kappa shape index (κ3) is 3.80. The van der Waals surface area contributed by atoms with Crippen LogP contribution in [0.1, 0.15) is 12.8 Å². The first kappa shape index (κ1) is 17.2. The van der Waals surface area contributed by atoms with Gasteiger partial charge in [-0.15, -0.1) is 10.2 Å². The maximum absolute atomic E-state index is 9.52. The number of benzene rings is 2. The Morgan fingerprint density at radius 2 is 1.63 bits per heavy atom. The summed E-state index contributed by atoms with van der Waals surface area (Å²) in [5.41, 5.74) is 4.93. The van der Waals surface area contributed by atoms with E-state index in [1.165, 1.54) is 0 Å². The Kier molecular flexibility index (Phi) is 4.56. The van der Waals surface area contributed by atoms with E-state index in [-0.39, 0.29) is 0 Å². The average molecular weight is 360 g/mol. The van der Waals surface area contributed by atoms with Crippen molar-refractivity contribution in [1.82, 2.24) is 20.0 Å². The molecule has 0 amide bonds. The molecule has 0 aliphatic heterocycles. The van der Waals surface area contributed by atoms with E-state index in [1.54, 1.807) is 18.5 Å². The molecule has 1 N–H and O–H groups in total. The Morgan fingerprint density at radius 1 is 0.963 bits per heavy atom. The highest BCUT2D eigenvalue weighted by atomic mass is 16.4. The highest BCUT2D eigenvalue weighted by Gasteiger charge is 2.09. The zero-order valence-electron chi connectivity index (χ0n) is 15.2. The maximum atomic E-state index is 9.52. The van der Waals surface area contributed by atoms with Crippen molar-refractivity contribution in [2.45, 2.75) is 26.5 Å². The molecule has 2 heterocycles. The van der Waals surface area contributed by atoms with Gasteiger partial charge in [-0.2, -0.15) is 5.10 Å². The summed E-state index contributed by atoms with van der Waals surface area (Å²) in [6, 6.07) is 18.2. The molecule has 4 rings (SSSR count). The summed E-state index contributed by atoms with van der Waals surface area (Å²) in [5.74, 6) is 1.06. The lowest BCUT2D eigenvalue weighted by Gasteiger charge is -2.06. The summed E-state index contributed by atoms with van der Waals surface area (Å²) >= 11 is 0. The second-order valence-electron chi connectivity index (χ2n) is 6.56. The van der Waals surface area contributed by atoms with Gasteiger partial charge in [-0.05, 0) is 42.3 Å². The van der Waals surface area contributed by atoms with Gasteiger partial charge in [-0.25, -0.2) is 0 Å². The van der Waals surface area contributed by atoms with Crippen LogP contribution in [0.4, 0.5) is 0 Å². The number of aliphatic hydroxyl groups is 1. The number of hydrogen-bond acceptors (Lipinski definition) is 5. The Hall–Kier alpha value is -3.25. The molecular formula is C21H20N4O2. The first-order valence-electron chi connectivity index (χ1n) is 8.81. The summed E-state index contributed by atoms with van der Waals surface area (Å²) in [4.78, 5) is 0. The van der Waals surface area contributed by atoms with Crippen LogP contribution in [0.25, 0.3) is 33.8 Å². The van der Waals surface area contributed by atoms with Crippen LogP contribution in [-0.2, 0) is 6.54 Å². The summed E-state index contributed by atoms with van der Waals surface area (Å²) in [6.45, 7) is 4.01. The fourth-order valence-corrected chi connectivity index (χ4v) is 2.99.